The molecule has 2 aromatic carbocycles. The van der Waals surface area contributed by atoms with E-state index in [1.54, 1.807) is 23.1 Å². The van der Waals surface area contributed by atoms with Gasteiger partial charge in [0.05, 0.1) is 16.2 Å². The molecule has 1 N–H and O–H groups in total. The maximum atomic E-state index is 14.1. The van der Waals surface area contributed by atoms with Gasteiger partial charge in [-0.05, 0) is 30.3 Å². The van der Waals surface area contributed by atoms with Crippen molar-refractivity contribution in [3.63, 3.8) is 0 Å². The van der Waals surface area contributed by atoms with Gasteiger partial charge < -0.3 is 15.1 Å². The lowest BCUT2D eigenvalue weighted by Crippen LogP contribution is -2.47. The highest BCUT2D eigenvalue weighted by Crippen LogP contribution is 2.36. The first-order valence-corrected chi connectivity index (χ1v) is 9.92. The molecule has 0 saturated carbocycles. The number of para-hydroxylation sites is 1. The summed E-state index contributed by atoms with van der Waals surface area (Å²) >= 11 is 0. The number of aromatic nitrogens is 2. The monoisotopic (exact) mass is 462 g/mol. The third kappa shape index (κ3) is 4.78. The molecule has 3 aromatic rings. The lowest BCUT2D eigenvalue weighted by Gasteiger charge is -2.36. The summed E-state index contributed by atoms with van der Waals surface area (Å²) in [6.07, 6.45) is -3.44. The summed E-state index contributed by atoms with van der Waals surface area (Å²) in [6, 6.07) is 10.6. The highest BCUT2D eigenvalue weighted by Gasteiger charge is 2.32. The molecule has 0 radical (unpaired) electrons. The molecule has 12 heteroatoms. The Kier molecular flexibility index (Phi) is 5.99. The number of hydrogen-bond donors (Lipinski definition) is 1. The van der Waals surface area contributed by atoms with Crippen LogP contribution >= 0.6 is 0 Å². The number of nitro groups is 1. The van der Waals surface area contributed by atoms with Crippen molar-refractivity contribution in [1.82, 2.24) is 9.97 Å². The fraction of sp³-hybridized carbons (Fsp3) is 0.238. The fourth-order valence-corrected chi connectivity index (χ4v) is 3.64. The zero-order valence-corrected chi connectivity index (χ0v) is 17.1. The van der Waals surface area contributed by atoms with Crippen molar-refractivity contribution < 1.29 is 22.5 Å². The Bertz CT molecular complexity index is 1170. The second kappa shape index (κ2) is 8.88. The van der Waals surface area contributed by atoms with Gasteiger partial charge >= 0.3 is 11.9 Å². The molecule has 0 spiro atoms. The van der Waals surface area contributed by atoms with E-state index in [0.717, 1.165) is 18.5 Å². The van der Waals surface area contributed by atoms with E-state index in [2.05, 4.69) is 15.3 Å². The van der Waals surface area contributed by atoms with E-state index < -0.39 is 22.4 Å². The zero-order valence-electron chi connectivity index (χ0n) is 17.1. The molecule has 4 rings (SSSR count). The molecule has 0 amide bonds. The summed E-state index contributed by atoms with van der Waals surface area (Å²) in [7, 11) is 0. The van der Waals surface area contributed by atoms with Crippen LogP contribution in [0.1, 0.15) is 5.56 Å². The maximum absolute atomic E-state index is 14.1. The Balaban J connectivity index is 1.58. The average molecular weight is 462 g/mol. The maximum Gasteiger partial charge on any atom is 0.416 e. The lowest BCUT2D eigenvalue weighted by molar-refractivity contribution is -0.383. The first-order chi connectivity index (χ1) is 15.7. The molecule has 1 fully saturated rings. The number of nitrogens with zero attached hydrogens (tertiary/aromatic N) is 5. The number of nitrogens with one attached hydrogen (secondary N) is 1. The van der Waals surface area contributed by atoms with Crippen LogP contribution < -0.4 is 15.1 Å². The standard InChI is InChI=1S/C21H18F4N6O2/c22-16-6-1-2-7-17(16)29-8-10-30(11-9-29)20-18(31(32)33)19(26-13-27-20)28-15-5-3-4-14(12-15)21(23,24)25/h1-7,12-13H,8-11H2,(H,26,27,28). The predicted molar refractivity (Wildman–Crippen MR) is 114 cm³/mol. The minimum atomic E-state index is -4.56. The first kappa shape index (κ1) is 22.2. The van der Waals surface area contributed by atoms with Gasteiger partial charge in [-0.3, -0.25) is 10.1 Å². The van der Waals surface area contributed by atoms with Crippen LogP contribution in [0.2, 0.25) is 0 Å². The van der Waals surface area contributed by atoms with E-state index >= 15 is 0 Å². The normalized spacial score (nSPS) is 14.3. The predicted octanol–water partition coefficient (Wildman–Crippen LogP) is 4.61. The first-order valence-electron chi connectivity index (χ1n) is 9.92. The summed E-state index contributed by atoms with van der Waals surface area (Å²) < 4.78 is 53.1. The highest BCUT2D eigenvalue weighted by atomic mass is 19.4. The molecule has 2 heterocycles. The van der Waals surface area contributed by atoms with Crippen LogP contribution in [-0.2, 0) is 6.18 Å². The molecule has 1 aliphatic heterocycles. The van der Waals surface area contributed by atoms with Crippen LogP contribution in [0, 0.1) is 15.9 Å². The second-order valence-corrected chi connectivity index (χ2v) is 7.28. The van der Waals surface area contributed by atoms with Gasteiger partial charge in [-0.25, -0.2) is 14.4 Å². The molecular formula is C21H18F4N6O2. The number of hydrogen-bond acceptors (Lipinski definition) is 7. The molecule has 1 aromatic heterocycles. The topological polar surface area (TPSA) is 87.4 Å². The Morgan fingerprint density at radius 1 is 0.970 bits per heavy atom. The molecule has 1 aliphatic rings. The van der Waals surface area contributed by atoms with Gasteiger partial charge in [0.25, 0.3) is 0 Å². The fourth-order valence-electron chi connectivity index (χ4n) is 3.64. The van der Waals surface area contributed by atoms with Gasteiger partial charge in [0.1, 0.15) is 12.1 Å². The van der Waals surface area contributed by atoms with Gasteiger partial charge in [0.15, 0.2) is 0 Å². The van der Waals surface area contributed by atoms with E-state index in [-0.39, 0.29) is 23.1 Å². The number of piperazine rings is 1. The molecule has 172 valence electrons. The average Bonchev–Trinajstić information content (AvgIpc) is 2.79. The van der Waals surface area contributed by atoms with Crippen molar-refractivity contribution in [3.05, 3.63) is 76.4 Å². The molecule has 8 nitrogen and oxygen atoms in total. The number of alkyl halides is 3. The van der Waals surface area contributed by atoms with E-state index in [0.29, 0.717) is 31.9 Å². The summed E-state index contributed by atoms with van der Waals surface area (Å²) in [5.41, 5.74) is -0.897. The van der Waals surface area contributed by atoms with Crippen molar-refractivity contribution in [1.29, 1.82) is 0 Å². The molecule has 0 unspecified atom stereocenters. The largest absolute Gasteiger partial charge is 0.416 e. The van der Waals surface area contributed by atoms with Crippen LogP contribution in [0.5, 0.6) is 0 Å². The summed E-state index contributed by atoms with van der Waals surface area (Å²) in [5, 5.41) is 14.5. The number of halogens is 4. The van der Waals surface area contributed by atoms with Crippen molar-refractivity contribution in [2.75, 3.05) is 41.3 Å². The van der Waals surface area contributed by atoms with E-state index in [4.69, 9.17) is 0 Å². The van der Waals surface area contributed by atoms with E-state index in [1.165, 1.54) is 18.2 Å². The third-order valence-electron chi connectivity index (χ3n) is 5.21. The van der Waals surface area contributed by atoms with E-state index in [9.17, 15) is 27.7 Å². The minimum absolute atomic E-state index is 0.00180. The van der Waals surface area contributed by atoms with Crippen molar-refractivity contribution in [2.45, 2.75) is 6.18 Å². The molecule has 1 saturated heterocycles. The zero-order chi connectivity index (χ0) is 23.6. The van der Waals surface area contributed by atoms with Crippen LogP contribution in [-0.4, -0.2) is 41.1 Å². The summed E-state index contributed by atoms with van der Waals surface area (Å²) in [6.45, 7) is 1.46. The Hall–Kier alpha value is -3.96. The summed E-state index contributed by atoms with van der Waals surface area (Å²) in [5.74, 6) is -0.537. The molecule has 0 bridgehead atoms. The highest BCUT2D eigenvalue weighted by molar-refractivity contribution is 5.75. The molecular weight excluding hydrogens is 444 g/mol. The van der Waals surface area contributed by atoms with Crippen LogP contribution in [0.25, 0.3) is 0 Å². The van der Waals surface area contributed by atoms with E-state index in [1.807, 2.05) is 4.90 Å². The van der Waals surface area contributed by atoms with Crippen molar-refractivity contribution in [3.8, 4) is 0 Å². The molecule has 0 aliphatic carbocycles. The van der Waals surface area contributed by atoms with Crippen LogP contribution in [0.15, 0.2) is 54.9 Å². The minimum Gasteiger partial charge on any atom is -0.366 e. The Labute approximate surface area is 185 Å². The van der Waals surface area contributed by atoms with Crippen LogP contribution in [0.4, 0.5) is 46.3 Å². The van der Waals surface area contributed by atoms with Gasteiger partial charge in [-0.2, -0.15) is 13.2 Å². The number of benzene rings is 2. The Morgan fingerprint density at radius 2 is 1.67 bits per heavy atom. The molecule has 33 heavy (non-hydrogen) atoms. The van der Waals surface area contributed by atoms with Gasteiger partial charge in [0, 0.05) is 31.9 Å². The number of rotatable bonds is 5. The summed E-state index contributed by atoms with van der Waals surface area (Å²) in [4.78, 5) is 22.6. The SMILES string of the molecule is O=[N+]([O-])c1c(Nc2cccc(C(F)(F)F)c2)ncnc1N1CCN(c2ccccc2F)CC1. The van der Waals surface area contributed by atoms with Gasteiger partial charge in [0.2, 0.25) is 11.6 Å². The third-order valence-corrected chi connectivity index (χ3v) is 5.21. The van der Waals surface area contributed by atoms with Gasteiger partial charge in [-0.15, -0.1) is 0 Å². The van der Waals surface area contributed by atoms with Crippen LogP contribution in [0.3, 0.4) is 0 Å². The quantitative estimate of drug-likeness (QED) is 0.337. The second-order valence-electron chi connectivity index (χ2n) is 7.28. The Morgan fingerprint density at radius 3 is 2.33 bits per heavy atom. The molecule has 0 atom stereocenters. The van der Waals surface area contributed by atoms with Crippen molar-refractivity contribution >= 4 is 28.7 Å². The number of anilines is 4. The lowest BCUT2D eigenvalue weighted by atomic mass is 10.2. The van der Waals surface area contributed by atoms with Crippen molar-refractivity contribution in [2.24, 2.45) is 0 Å². The smallest absolute Gasteiger partial charge is 0.366 e. The van der Waals surface area contributed by atoms with Gasteiger partial charge in [-0.1, -0.05) is 18.2 Å².